The highest BCUT2D eigenvalue weighted by Gasteiger charge is 2.23. The van der Waals surface area contributed by atoms with Crippen LogP contribution in [0.5, 0.6) is 0 Å². The monoisotopic (exact) mass is 282 g/mol. The first-order valence-electron chi connectivity index (χ1n) is 6.68. The van der Waals surface area contributed by atoms with E-state index in [2.05, 4.69) is 21.2 Å². The average Bonchev–Trinajstić information content (AvgIpc) is 3.09. The summed E-state index contributed by atoms with van der Waals surface area (Å²) in [7, 11) is 0. The van der Waals surface area contributed by atoms with Gasteiger partial charge in [-0.1, -0.05) is 4.80 Å². The van der Waals surface area contributed by atoms with Gasteiger partial charge in [-0.2, -0.15) is 15.5 Å². The zero-order chi connectivity index (χ0) is 14.7. The van der Waals surface area contributed by atoms with Crippen molar-refractivity contribution < 1.29 is 4.79 Å². The van der Waals surface area contributed by atoms with E-state index in [0.717, 1.165) is 23.6 Å². The Morgan fingerprint density at radius 2 is 1.67 bits per heavy atom. The molecule has 1 fully saturated rings. The van der Waals surface area contributed by atoms with Gasteiger partial charge in [0, 0.05) is 31.9 Å². The van der Waals surface area contributed by atoms with Gasteiger partial charge in [0.15, 0.2) is 0 Å². The molecule has 7 nitrogen and oxygen atoms in total. The van der Waals surface area contributed by atoms with E-state index in [4.69, 9.17) is 5.26 Å². The predicted molar refractivity (Wildman–Crippen MR) is 75.8 cm³/mol. The van der Waals surface area contributed by atoms with Crippen molar-refractivity contribution in [3.8, 4) is 6.07 Å². The summed E-state index contributed by atoms with van der Waals surface area (Å²) in [5, 5.41) is 16.5. The topological polar surface area (TPSA) is 78.0 Å². The van der Waals surface area contributed by atoms with Crippen LogP contribution >= 0.6 is 0 Å². The molecule has 21 heavy (non-hydrogen) atoms. The van der Waals surface area contributed by atoms with E-state index in [1.165, 1.54) is 12.4 Å². The molecule has 1 aliphatic heterocycles. The summed E-state index contributed by atoms with van der Waals surface area (Å²) in [5.74, 6) is 0. The second-order valence-electron chi connectivity index (χ2n) is 4.73. The first-order valence-corrected chi connectivity index (χ1v) is 6.68. The normalized spacial score (nSPS) is 14.8. The first kappa shape index (κ1) is 13.1. The van der Waals surface area contributed by atoms with E-state index >= 15 is 0 Å². The second kappa shape index (κ2) is 5.63. The highest BCUT2D eigenvalue weighted by Crippen LogP contribution is 2.17. The third-order valence-electron chi connectivity index (χ3n) is 3.50. The smallest absolute Gasteiger partial charge is 0.362 e. The predicted octanol–water partition coefficient (Wildman–Crippen LogP) is 0.940. The maximum Gasteiger partial charge on any atom is 0.362 e. The fourth-order valence-corrected chi connectivity index (χ4v) is 2.34. The third-order valence-corrected chi connectivity index (χ3v) is 3.50. The van der Waals surface area contributed by atoms with Crippen molar-refractivity contribution in [1.29, 1.82) is 5.26 Å². The van der Waals surface area contributed by atoms with Gasteiger partial charge in [-0.05, 0) is 24.3 Å². The first-order chi connectivity index (χ1) is 10.3. The molecule has 2 aromatic rings. The van der Waals surface area contributed by atoms with Crippen LogP contribution in [-0.2, 0) is 0 Å². The van der Waals surface area contributed by atoms with Crippen LogP contribution in [0.3, 0.4) is 0 Å². The number of hydrogen-bond acceptors (Lipinski definition) is 5. The maximum atomic E-state index is 12.1. The minimum atomic E-state index is -0.195. The van der Waals surface area contributed by atoms with Crippen molar-refractivity contribution in [2.24, 2.45) is 0 Å². The van der Waals surface area contributed by atoms with Crippen molar-refractivity contribution in [1.82, 2.24) is 19.9 Å². The molecule has 0 aliphatic carbocycles. The highest BCUT2D eigenvalue weighted by molar-refractivity contribution is 5.75. The maximum absolute atomic E-state index is 12.1. The summed E-state index contributed by atoms with van der Waals surface area (Å²) in [5.41, 5.74) is 1.72. The largest absolute Gasteiger partial charge is 0.368 e. The fraction of sp³-hybridized carbons (Fsp3) is 0.286. The Morgan fingerprint density at radius 1 is 1.05 bits per heavy atom. The SMILES string of the molecule is N#Cc1ccc(N2CCN(C(=O)n3nccn3)CC2)cc1. The molecule has 1 aromatic heterocycles. The number of hydrogen-bond donors (Lipinski definition) is 0. The number of benzene rings is 1. The Morgan fingerprint density at radius 3 is 2.24 bits per heavy atom. The summed E-state index contributed by atoms with van der Waals surface area (Å²) in [6.07, 6.45) is 2.98. The molecule has 1 aliphatic rings. The van der Waals surface area contributed by atoms with Gasteiger partial charge in [-0.3, -0.25) is 0 Å². The van der Waals surface area contributed by atoms with Gasteiger partial charge >= 0.3 is 6.03 Å². The van der Waals surface area contributed by atoms with E-state index in [0.29, 0.717) is 18.7 Å². The van der Waals surface area contributed by atoms with Crippen molar-refractivity contribution >= 4 is 11.7 Å². The number of amides is 1. The lowest BCUT2D eigenvalue weighted by molar-refractivity contribution is 0.189. The summed E-state index contributed by atoms with van der Waals surface area (Å²) >= 11 is 0. The molecule has 0 unspecified atom stereocenters. The molecular formula is C14H14N6O. The summed E-state index contributed by atoms with van der Waals surface area (Å²) in [6.45, 7) is 2.75. The molecule has 0 N–H and O–H groups in total. The van der Waals surface area contributed by atoms with Crippen LogP contribution in [0, 0.1) is 11.3 Å². The van der Waals surface area contributed by atoms with E-state index in [1.807, 2.05) is 12.1 Å². The molecule has 2 heterocycles. The Bertz CT molecular complexity index is 650. The Kier molecular flexibility index (Phi) is 3.51. The number of carbonyl (C=O) groups is 1. The number of anilines is 1. The number of carbonyl (C=O) groups excluding carboxylic acids is 1. The quantitative estimate of drug-likeness (QED) is 0.778. The molecule has 1 saturated heterocycles. The van der Waals surface area contributed by atoms with Crippen LogP contribution in [0.4, 0.5) is 10.5 Å². The average molecular weight is 282 g/mol. The van der Waals surface area contributed by atoms with E-state index in [9.17, 15) is 4.79 Å². The minimum Gasteiger partial charge on any atom is -0.368 e. The number of nitrogens with zero attached hydrogens (tertiary/aromatic N) is 6. The Labute approximate surface area is 122 Å². The van der Waals surface area contributed by atoms with Crippen molar-refractivity contribution in [2.45, 2.75) is 0 Å². The van der Waals surface area contributed by atoms with Gasteiger partial charge in [0.25, 0.3) is 0 Å². The number of rotatable bonds is 1. The van der Waals surface area contributed by atoms with Crippen LogP contribution in [0.15, 0.2) is 36.7 Å². The van der Waals surface area contributed by atoms with Crippen LogP contribution in [0.2, 0.25) is 0 Å². The van der Waals surface area contributed by atoms with E-state index < -0.39 is 0 Å². The van der Waals surface area contributed by atoms with Gasteiger partial charge in [-0.25, -0.2) is 4.79 Å². The lowest BCUT2D eigenvalue weighted by Gasteiger charge is -2.35. The molecule has 0 atom stereocenters. The third kappa shape index (κ3) is 2.69. The molecule has 0 bridgehead atoms. The molecule has 7 heteroatoms. The van der Waals surface area contributed by atoms with Crippen molar-refractivity contribution in [3.05, 3.63) is 42.2 Å². The van der Waals surface area contributed by atoms with Crippen molar-refractivity contribution in [3.63, 3.8) is 0 Å². The zero-order valence-corrected chi connectivity index (χ0v) is 11.4. The number of aromatic nitrogens is 3. The van der Waals surface area contributed by atoms with E-state index in [-0.39, 0.29) is 6.03 Å². The summed E-state index contributed by atoms with van der Waals surface area (Å²) in [4.78, 5) is 17.1. The van der Waals surface area contributed by atoms with Gasteiger partial charge in [0.05, 0.1) is 24.0 Å². The molecule has 0 radical (unpaired) electrons. The molecule has 3 rings (SSSR count). The number of piperazine rings is 1. The summed E-state index contributed by atoms with van der Waals surface area (Å²) in [6, 6.07) is 9.40. The molecule has 0 spiro atoms. The van der Waals surface area contributed by atoms with Gasteiger partial charge in [-0.15, -0.1) is 0 Å². The lowest BCUT2D eigenvalue weighted by Crippen LogP contribution is -2.50. The standard InChI is InChI=1S/C14H14N6O/c15-11-12-1-3-13(4-2-12)18-7-9-19(10-8-18)14(21)20-16-5-6-17-20/h1-6H,7-10H2. The zero-order valence-electron chi connectivity index (χ0n) is 11.4. The second-order valence-corrected chi connectivity index (χ2v) is 4.73. The van der Waals surface area contributed by atoms with Gasteiger partial charge in [0.1, 0.15) is 0 Å². The molecule has 0 saturated carbocycles. The molecule has 106 valence electrons. The van der Waals surface area contributed by atoms with E-state index in [1.54, 1.807) is 17.0 Å². The van der Waals surface area contributed by atoms with Crippen LogP contribution in [-0.4, -0.2) is 52.1 Å². The molecule has 1 aromatic carbocycles. The Hall–Kier alpha value is -2.88. The molecular weight excluding hydrogens is 268 g/mol. The number of nitriles is 1. The highest BCUT2D eigenvalue weighted by atomic mass is 16.2. The Balaban J connectivity index is 1.62. The lowest BCUT2D eigenvalue weighted by atomic mass is 10.2. The van der Waals surface area contributed by atoms with Crippen LogP contribution < -0.4 is 4.90 Å². The van der Waals surface area contributed by atoms with Gasteiger partial charge < -0.3 is 9.80 Å². The summed E-state index contributed by atoms with van der Waals surface area (Å²) < 4.78 is 0. The van der Waals surface area contributed by atoms with Gasteiger partial charge in [0.2, 0.25) is 0 Å². The van der Waals surface area contributed by atoms with Crippen LogP contribution in [0.25, 0.3) is 0 Å². The fourth-order valence-electron chi connectivity index (χ4n) is 2.34. The molecule has 1 amide bonds. The minimum absolute atomic E-state index is 0.195. The van der Waals surface area contributed by atoms with Crippen LogP contribution in [0.1, 0.15) is 5.56 Å². The van der Waals surface area contributed by atoms with Crippen molar-refractivity contribution in [2.75, 3.05) is 31.1 Å².